The van der Waals surface area contributed by atoms with Gasteiger partial charge in [-0.25, -0.2) is 0 Å². The summed E-state index contributed by atoms with van der Waals surface area (Å²) >= 11 is 12.0. The third-order valence-corrected chi connectivity index (χ3v) is 5.69. The van der Waals surface area contributed by atoms with Crippen molar-refractivity contribution in [3.8, 4) is 5.75 Å². The zero-order chi connectivity index (χ0) is 22.4. The van der Waals surface area contributed by atoms with Gasteiger partial charge in [0.1, 0.15) is 5.75 Å². The van der Waals surface area contributed by atoms with Crippen molar-refractivity contribution < 1.29 is 14.3 Å². The first-order valence-corrected chi connectivity index (χ1v) is 11.2. The summed E-state index contributed by atoms with van der Waals surface area (Å²) < 4.78 is 5.66. The minimum absolute atomic E-state index is 0.233. The van der Waals surface area contributed by atoms with E-state index in [1.54, 1.807) is 25.1 Å². The number of anilines is 2. The number of nitrogens with one attached hydrogen (secondary N) is 1. The van der Waals surface area contributed by atoms with Crippen LogP contribution < -0.4 is 15.0 Å². The number of piperazine rings is 1. The first-order valence-electron chi connectivity index (χ1n) is 10.4. The standard InChI is InChI=1S/C23H27Cl2N3O3/c1-3-4-22(29)28-13-11-27(12-14-28)19-8-6-18(7-9-19)26-23(30)16(2)31-21-10-5-17(24)15-20(21)25/h5-10,15-16H,3-4,11-14H2,1-2H3,(H,26,30). The summed E-state index contributed by atoms with van der Waals surface area (Å²) in [4.78, 5) is 28.7. The summed E-state index contributed by atoms with van der Waals surface area (Å²) in [7, 11) is 0. The van der Waals surface area contributed by atoms with Crippen LogP contribution >= 0.6 is 23.2 Å². The molecular weight excluding hydrogens is 437 g/mol. The Labute approximate surface area is 193 Å². The van der Waals surface area contributed by atoms with Crippen LogP contribution in [0.25, 0.3) is 0 Å². The van der Waals surface area contributed by atoms with Crippen molar-refractivity contribution in [2.24, 2.45) is 0 Å². The molecule has 0 radical (unpaired) electrons. The lowest BCUT2D eigenvalue weighted by Crippen LogP contribution is -2.48. The highest BCUT2D eigenvalue weighted by molar-refractivity contribution is 6.35. The first-order chi connectivity index (χ1) is 14.9. The van der Waals surface area contributed by atoms with Crippen molar-refractivity contribution in [2.75, 3.05) is 36.4 Å². The molecule has 0 spiro atoms. The molecule has 1 fully saturated rings. The number of carbonyl (C=O) groups is 2. The smallest absolute Gasteiger partial charge is 0.265 e. The molecule has 1 heterocycles. The molecule has 1 unspecified atom stereocenters. The predicted octanol–water partition coefficient (Wildman–Crippen LogP) is 4.85. The normalized spacial score (nSPS) is 14.8. The molecular formula is C23H27Cl2N3O3. The molecule has 2 aromatic carbocycles. The van der Waals surface area contributed by atoms with E-state index in [2.05, 4.69) is 10.2 Å². The fraction of sp³-hybridized carbons (Fsp3) is 0.391. The molecule has 1 N–H and O–H groups in total. The summed E-state index contributed by atoms with van der Waals surface area (Å²) in [6.45, 7) is 6.75. The summed E-state index contributed by atoms with van der Waals surface area (Å²) in [6.07, 6.45) is 0.760. The van der Waals surface area contributed by atoms with Crippen molar-refractivity contribution in [2.45, 2.75) is 32.8 Å². The van der Waals surface area contributed by atoms with E-state index in [0.29, 0.717) is 27.9 Å². The zero-order valence-corrected chi connectivity index (χ0v) is 19.2. The second-order valence-electron chi connectivity index (χ2n) is 7.49. The van der Waals surface area contributed by atoms with Crippen LogP contribution in [0.2, 0.25) is 10.0 Å². The number of benzene rings is 2. The molecule has 1 aliphatic heterocycles. The lowest BCUT2D eigenvalue weighted by atomic mass is 10.2. The van der Waals surface area contributed by atoms with Crippen LogP contribution in [-0.4, -0.2) is 49.0 Å². The maximum Gasteiger partial charge on any atom is 0.265 e. The summed E-state index contributed by atoms with van der Waals surface area (Å²) in [5.74, 6) is 0.360. The van der Waals surface area contributed by atoms with E-state index in [9.17, 15) is 9.59 Å². The van der Waals surface area contributed by atoms with Gasteiger partial charge in [-0.3, -0.25) is 9.59 Å². The van der Waals surface area contributed by atoms with Gasteiger partial charge in [0.15, 0.2) is 6.10 Å². The average molecular weight is 464 g/mol. The molecule has 2 amide bonds. The minimum Gasteiger partial charge on any atom is -0.479 e. The number of halogens is 2. The molecule has 166 valence electrons. The lowest BCUT2D eigenvalue weighted by Gasteiger charge is -2.36. The number of hydrogen-bond acceptors (Lipinski definition) is 4. The van der Waals surface area contributed by atoms with Gasteiger partial charge >= 0.3 is 0 Å². The molecule has 3 rings (SSSR count). The predicted molar refractivity (Wildman–Crippen MR) is 125 cm³/mol. The highest BCUT2D eigenvalue weighted by atomic mass is 35.5. The Bertz CT molecular complexity index is 913. The van der Waals surface area contributed by atoms with E-state index in [4.69, 9.17) is 27.9 Å². The third kappa shape index (κ3) is 6.28. The molecule has 0 aliphatic carbocycles. The van der Waals surface area contributed by atoms with Crippen LogP contribution in [-0.2, 0) is 9.59 Å². The summed E-state index contributed by atoms with van der Waals surface area (Å²) in [6, 6.07) is 12.5. The minimum atomic E-state index is -0.730. The Kier molecular flexibility index (Phi) is 8.04. The fourth-order valence-electron chi connectivity index (χ4n) is 3.40. The number of hydrogen-bond donors (Lipinski definition) is 1. The molecule has 8 heteroatoms. The van der Waals surface area contributed by atoms with Crippen LogP contribution in [0.5, 0.6) is 5.75 Å². The molecule has 0 saturated carbocycles. The van der Waals surface area contributed by atoms with Crippen LogP contribution in [0.15, 0.2) is 42.5 Å². The molecule has 31 heavy (non-hydrogen) atoms. The Morgan fingerprint density at radius 1 is 1.06 bits per heavy atom. The van der Waals surface area contributed by atoms with E-state index < -0.39 is 6.10 Å². The Morgan fingerprint density at radius 2 is 1.74 bits per heavy atom. The van der Waals surface area contributed by atoms with Crippen molar-refractivity contribution in [3.63, 3.8) is 0 Å². The topological polar surface area (TPSA) is 61.9 Å². The monoisotopic (exact) mass is 463 g/mol. The van der Waals surface area contributed by atoms with Crippen LogP contribution in [0.4, 0.5) is 11.4 Å². The van der Waals surface area contributed by atoms with Crippen molar-refractivity contribution in [1.29, 1.82) is 0 Å². The quantitative estimate of drug-likeness (QED) is 0.637. The van der Waals surface area contributed by atoms with E-state index in [1.807, 2.05) is 36.1 Å². The van der Waals surface area contributed by atoms with Crippen molar-refractivity contribution in [1.82, 2.24) is 4.90 Å². The molecule has 6 nitrogen and oxygen atoms in total. The Hall–Kier alpha value is -2.44. The van der Waals surface area contributed by atoms with Gasteiger partial charge in [-0.15, -0.1) is 0 Å². The largest absolute Gasteiger partial charge is 0.479 e. The molecule has 1 saturated heterocycles. The first kappa shape index (κ1) is 23.2. The number of ether oxygens (including phenoxy) is 1. The number of rotatable bonds is 7. The van der Waals surface area contributed by atoms with Crippen molar-refractivity contribution in [3.05, 3.63) is 52.5 Å². The van der Waals surface area contributed by atoms with Gasteiger partial charge in [-0.05, 0) is 55.8 Å². The molecule has 0 aromatic heterocycles. The van der Waals surface area contributed by atoms with Crippen molar-refractivity contribution >= 4 is 46.4 Å². The lowest BCUT2D eigenvalue weighted by molar-refractivity contribution is -0.131. The fourth-order valence-corrected chi connectivity index (χ4v) is 3.85. The van der Waals surface area contributed by atoms with Gasteiger partial charge in [0.25, 0.3) is 5.91 Å². The van der Waals surface area contributed by atoms with Crippen LogP contribution in [0, 0.1) is 0 Å². The second-order valence-corrected chi connectivity index (χ2v) is 8.33. The zero-order valence-electron chi connectivity index (χ0n) is 17.7. The maximum atomic E-state index is 12.5. The molecule has 1 atom stereocenters. The number of carbonyl (C=O) groups excluding carboxylic acids is 2. The van der Waals surface area contributed by atoms with Gasteiger partial charge in [0, 0.05) is 49.0 Å². The van der Waals surface area contributed by atoms with Gasteiger partial charge in [0.05, 0.1) is 5.02 Å². The highest BCUT2D eigenvalue weighted by Gasteiger charge is 2.21. The summed E-state index contributed by atoms with van der Waals surface area (Å²) in [5.41, 5.74) is 1.75. The van der Waals surface area contributed by atoms with E-state index >= 15 is 0 Å². The average Bonchev–Trinajstić information content (AvgIpc) is 2.76. The second kappa shape index (κ2) is 10.7. The van der Waals surface area contributed by atoms with Crippen LogP contribution in [0.1, 0.15) is 26.7 Å². The molecule has 0 bridgehead atoms. The van der Waals surface area contributed by atoms with Gasteiger partial charge in [-0.1, -0.05) is 30.1 Å². The Balaban J connectivity index is 1.52. The molecule has 2 aromatic rings. The number of amides is 2. The molecule has 1 aliphatic rings. The van der Waals surface area contributed by atoms with Gasteiger partial charge in [-0.2, -0.15) is 0 Å². The summed E-state index contributed by atoms with van der Waals surface area (Å²) in [5, 5.41) is 3.71. The van der Waals surface area contributed by atoms with E-state index in [1.165, 1.54) is 0 Å². The van der Waals surface area contributed by atoms with E-state index in [0.717, 1.165) is 38.3 Å². The van der Waals surface area contributed by atoms with E-state index in [-0.39, 0.29) is 11.8 Å². The SMILES string of the molecule is CCCC(=O)N1CCN(c2ccc(NC(=O)C(C)Oc3ccc(Cl)cc3Cl)cc2)CC1. The van der Waals surface area contributed by atoms with Gasteiger partial charge < -0.3 is 19.9 Å². The Morgan fingerprint density at radius 3 is 2.35 bits per heavy atom. The van der Waals surface area contributed by atoms with Crippen LogP contribution in [0.3, 0.4) is 0 Å². The van der Waals surface area contributed by atoms with Gasteiger partial charge in [0.2, 0.25) is 5.91 Å². The number of nitrogens with zero attached hydrogens (tertiary/aromatic N) is 2. The third-order valence-electron chi connectivity index (χ3n) is 5.16. The maximum absolute atomic E-state index is 12.5. The highest BCUT2D eigenvalue weighted by Crippen LogP contribution is 2.28.